The van der Waals surface area contributed by atoms with Crippen LogP contribution in [0.25, 0.3) is 0 Å². The number of rotatable bonds is 5. The molecular weight excluding hydrogens is 420 g/mol. The second-order valence-electron chi connectivity index (χ2n) is 8.84. The zero-order valence-corrected chi connectivity index (χ0v) is 17.9. The number of hydrogen-bond donors (Lipinski definition) is 3. The standard InChI is InChI=1S/C22H29F2N5O3/c23-15-11-14(26-17-2-4-20(30)27-22(17)32)1-3-18(15)29-10-7-19(16(24)12-29)28-8-5-13(6-9-28)21(25)31/h1,3,11,13,16-17,19,26H,2,4-10,12H2,(H2,25,31)(H,27,30,32). The molecule has 4 N–H and O–H groups in total. The molecule has 0 radical (unpaired) electrons. The van der Waals surface area contributed by atoms with Gasteiger partial charge in [0.15, 0.2) is 0 Å². The van der Waals surface area contributed by atoms with E-state index in [-0.39, 0.29) is 36.7 Å². The number of halogens is 2. The SMILES string of the molecule is NC(=O)C1CCN(C2CCN(c3ccc(NC4CCC(=O)NC4=O)cc3F)CC2F)CC1. The number of nitrogens with one attached hydrogen (secondary N) is 2. The number of amides is 3. The molecule has 32 heavy (non-hydrogen) atoms. The van der Waals surface area contributed by atoms with E-state index >= 15 is 4.39 Å². The molecule has 0 aromatic heterocycles. The maximum Gasteiger partial charge on any atom is 0.249 e. The average molecular weight is 450 g/mol. The van der Waals surface area contributed by atoms with Gasteiger partial charge < -0.3 is 16.0 Å². The molecule has 1 aromatic rings. The molecule has 3 fully saturated rings. The molecule has 0 bridgehead atoms. The van der Waals surface area contributed by atoms with Gasteiger partial charge in [-0.1, -0.05) is 0 Å². The van der Waals surface area contributed by atoms with E-state index in [1.54, 1.807) is 17.0 Å². The van der Waals surface area contributed by atoms with E-state index in [0.29, 0.717) is 56.7 Å². The van der Waals surface area contributed by atoms with Crippen molar-refractivity contribution in [1.29, 1.82) is 0 Å². The van der Waals surface area contributed by atoms with E-state index in [1.165, 1.54) is 6.07 Å². The summed E-state index contributed by atoms with van der Waals surface area (Å²) in [6, 6.07) is 3.72. The first-order valence-corrected chi connectivity index (χ1v) is 11.1. The minimum absolute atomic E-state index is 0.0945. The smallest absolute Gasteiger partial charge is 0.249 e. The normalized spacial score (nSPS) is 27.8. The first-order valence-electron chi connectivity index (χ1n) is 11.1. The molecular formula is C22H29F2N5O3. The lowest BCUT2D eigenvalue weighted by atomic mass is 9.92. The number of primary amides is 1. The molecule has 0 spiro atoms. The number of imide groups is 1. The summed E-state index contributed by atoms with van der Waals surface area (Å²) in [6.07, 6.45) is 1.32. The van der Waals surface area contributed by atoms with Crippen LogP contribution >= 0.6 is 0 Å². The fourth-order valence-corrected chi connectivity index (χ4v) is 4.92. The highest BCUT2D eigenvalue weighted by molar-refractivity contribution is 6.01. The Labute approximate surface area is 185 Å². The quantitative estimate of drug-likeness (QED) is 0.583. The highest BCUT2D eigenvalue weighted by Crippen LogP contribution is 2.30. The summed E-state index contributed by atoms with van der Waals surface area (Å²) < 4.78 is 29.9. The Balaban J connectivity index is 1.34. The van der Waals surface area contributed by atoms with Gasteiger partial charge in [-0.05, 0) is 57.0 Å². The van der Waals surface area contributed by atoms with Crippen molar-refractivity contribution in [1.82, 2.24) is 10.2 Å². The number of nitrogens with zero attached hydrogens (tertiary/aromatic N) is 2. The van der Waals surface area contributed by atoms with Crippen molar-refractivity contribution in [2.24, 2.45) is 11.7 Å². The maximum absolute atomic E-state index is 15.0. The van der Waals surface area contributed by atoms with Crippen molar-refractivity contribution in [2.75, 3.05) is 36.4 Å². The highest BCUT2D eigenvalue weighted by atomic mass is 19.1. The molecule has 3 heterocycles. The summed E-state index contributed by atoms with van der Waals surface area (Å²) in [5.74, 6) is -1.65. The van der Waals surface area contributed by atoms with E-state index < -0.39 is 23.9 Å². The number of carbonyl (C=O) groups excluding carboxylic acids is 3. The van der Waals surface area contributed by atoms with Crippen LogP contribution < -0.4 is 21.3 Å². The minimum atomic E-state index is -1.13. The maximum atomic E-state index is 15.0. The number of carbonyl (C=O) groups is 3. The summed E-state index contributed by atoms with van der Waals surface area (Å²) in [7, 11) is 0. The molecule has 3 amide bonds. The van der Waals surface area contributed by atoms with Gasteiger partial charge in [0, 0.05) is 30.6 Å². The van der Waals surface area contributed by atoms with Crippen LogP contribution in [-0.4, -0.2) is 67.1 Å². The third kappa shape index (κ3) is 4.85. The number of hydrogen-bond acceptors (Lipinski definition) is 6. The summed E-state index contributed by atoms with van der Waals surface area (Å²) >= 11 is 0. The number of likely N-dealkylation sites (tertiary alicyclic amines) is 1. The van der Waals surface area contributed by atoms with Crippen molar-refractivity contribution < 1.29 is 23.2 Å². The van der Waals surface area contributed by atoms with Crippen LogP contribution in [0.4, 0.5) is 20.2 Å². The third-order valence-corrected chi connectivity index (χ3v) is 6.78. The fraction of sp³-hybridized carbons (Fsp3) is 0.591. The van der Waals surface area contributed by atoms with E-state index in [1.807, 2.05) is 0 Å². The number of benzene rings is 1. The van der Waals surface area contributed by atoms with Crippen molar-refractivity contribution in [3.05, 3.63) is 24.0 Å². The zero-order chi connectivity index (χ0) is 22.8. The number of piperidine rings is 3. The van der Waals surface area contributed by atoms with Crippen LogP contribution in [0.1, 0.15) is 32.1 Å². The van der Waals surface area contributed by atoms with E-state index in [9.17, 15) is 18.8 Å². The number of alkyl halides is 1. The van der Waals surface area contributed by atoms with Crippen LogP contribution in [0.3, 0.4) is 0 Å². The number of nitrogens with two attached hydrogens (primary N) is 1. The highest BCUT2D eigenvalue weighted by Gasteiger charge is 2.36. The molecule has 10 heteroatoms. The second-order valence-corrected chi connectivity index (χ2v) is 8.84. The minimum Gasteiger partial charge on any atom is -0.374 e. The molecule has 3 aliphatic rings. The van der Waals surface area contributed by atoms with Crippen LogP contribution in [0, 0.1) is 11.7 Å². The first-order chi connectivity index (χ1) is 15.3. The first kappa shape index (κ1) is 22.4. The third-order valence-electron chi connectivity index (χ3n) is 6.78. The summed E-state index contributed by atoms with van der Waals surface area (Å²) in [5, 5.41) is 5.22. The summed E-state index contributed by atoms with van der Waals surface area (Å²) in [4.78, 5) is 38.3. The Morgan fingerprint density at radius 3 is 2.50 bits per heavy atom. The molecule has 4 rings (SSSR count). The Morgan fingerprint density at radius 1 is 1.12 bits per heavy atom. The van der Waals surface area contributed by atoms with Crippen molar-refractivity contribution in [3.8, 4) is 0 Å². The fourth-order valence-electron chi connectivity index (χ4n) is 4.92. The molecule has 8 nitrogen and oxygen atoms in total. The van der Waals surface area contributed by atoms with Crippen molar-refractivity contribution >= 4 is 29.1 Å². The summed E-state index contributed by atoms with van der Waals surface area (Å²) in [6.45, 7) is 1.91. The predicted octanol–water partition coefficient (Wildman–Crippen LogP) is 1.16. The molecule has 3 saturated heterocycles. The molecule has 174 valence electrons. The molecule has 3 aliphatic heterocycles. The van der Waals surface area contributed by atoms with Crippen molar-refractivity contribution in [3.63, 3.8) is 0 Å². The van der Waals surface area contributed by atoms with Gasteiger partial charge in [-0.3, -0.25) is 24.6 Å². The molecule has 3 atom stereocenters. The van der Waals surface area contributed by atoms with Crippen LogP contribution in [-0.2, 0) is 14.4 Å². The Morgan fingerprint density at radius 2 is 1.88 bits per heavy atom. The molecule has 0 saturated carbocycles. The van der Waals surface area contributed by atoms with E-state index in [2.05, 4.69) is 15.5 Å². The van der Waals surface area contributed by atoms with Crippen LogP contribution in [0.15, 0.2) is 18.2 Å². The lowest BCUT2D eigenvalue weighted by Gasteiger charge is -2.43. The van der Waals surface area contributed by atoms with E-state index in [0.717, 1.165) is 0 Å². The largest absolute Gasteiger partial charge is 0.374 e. The van der Waals surface area contributed by atoms with Crippen LogP contribution in [0.5, 0.6) is 0 Å². The van der Waals surface area contributed by atoms with Crippen LogP contribution in [0.2, 0.25) is 0 Å². The van der Waals surface area contributed by atoms with Gasteiger partial charge in [-0.25, -0.2) is 8.78 Å². The van der Waals surface area contributed by atoms with Gasteiger partial charge in [-0.2, -0.15) is 0 Å². The van der Waals surface area contributed by atoms with Gasteiger partial charge in [-0.15, -0.1) is 0 Å². The monoisotopic (exact) mass is 449 g/mol. The van der Waals surface area contributed by atoms with Gasteiger partial charge in [0.05, 0.1) is 12.2 Å². The lowest BCUT2D eigenvalue weighted by molar-refractivity contribution is -0.133. The topological polar surface area (TPSA) is 108 Å². The van der Waals surface area contributed by atoms with E-state index in [4.69, 9.17) is 5.73 Å². The van der Waals surface area contributed by atoms with Gasteiger partial charge in [0.1, 0.15) is 18.0 Å². The van der Waals surface area contributed by atoms with Gasteiger partial charge >= 0.3 is 0 Å². The van der Waals surface area contributed by atoms with Gasteiger partial charge in [0.25, 0.3) is 0 Å². The lowest BCUT2D eigenvalue weighted by Crippen LogP contribution is -2.55. The van der Waals surface area contributed by atoms with Crippen molar-refractivity contribution in [2.45, 2.75) is 50.4 Å². The second kappa shape index (κ2) is 9.40. The molecule has 1 aromatic carbocycles. The zero-order valence-electron chi connectivity index (χ0n) is 17.9. The van der Waals surface area contributed by atoms with Gasteiger partial charge in [0.2, 0.25) is 17.7 Å². The molecule has 3 unspecified atom stereocenters. The summed E-state index contributed by atoms with van der Waals surface area (Å²) in [5.41, 5.74) is 6.14. The number of anilines is 2. The Bertz CT molecular complexity index is 890. The average Bonchev–Trinajstić information content (AvgIpc) is 2.76. The molecule has 0 aliphatic carbocycles. The Hall–Kier alpha value is -2.75. The Kier molecular flexibility index (Phi) is 6.59. The predicted molar refractivity (Wildman–Crippen MR) is 115 cm³/mol.